The number of aromatic nitrogens is 2. The van der Waals surface area contributed by atoms with Crippen molar-refractivity contribution < 1.29 is 4.39 Å². The summed E-state index contributed by atoms with van der Waals surface area (Å²) in [5.41, 5.74) is 0.207. The molecular formula is C9H7FN2OS. The van der Waals surface area contributed by atoms with Crippen LogP contribution in [0.25, 0.3) is 10.9 Å². The standard InChI is InChI=1S/C9H7FN2OS/c1-14-9-11-7-3-2-5(10)4-6(7)8(13)12-9/h2-4H,1H3,(H,11,12,13). The van der Waals surface area contributed by atoms with E-state index >= 15 is 0 Å². The van der Waals surface area contributed by atoms with Crippen LogP contribution in [0.1, 0.15) is 0 Å². The predicted octanol–water partition coefficient (Wildman–Crippen LogP) is 1.78. The Hall–Kier alpha value is -1.36. The molecule has 0 unspecified atom stereocenters. The Morgan fingerprint density at radius 1 is 1.50 bits per heavy atom. The minimum absolute atomic E-state index is 0.280. The fourth-order valence-corrected chi connectivity index (χ4v) is 1.57. The number of aromatic amines is 1. The SMILES string of the molecule is CSc1nc2ccc(F)cc2c(=O)[nH]1. The van der Waals surface area contributed by atoms with Gasteiger partial charge in [-0.2, -0.15) is 0 Å². The number of fused-ring (bicyclic) bond motifs is 1. The van der Waals surface area contributed by atoms with E-state index in [9.17, 15) is 9.18 Å². The van der Waals surface area contributed by atoms with Crippen LogP contribution in [0.15, 0.2) is 28.2 Å². The Labute approximate surface area is 83.4 Å². The van der Waals surface area contributed by atoms with Crippen LogP contribution in [0.5, 0.6) is 0 Å². The van der Waals surface area contributed by atoms with E-state index in [0.717, 1.165) is 0 Å². The molecule has 5 heteroatoms. The molecule has 0 saturated heterocycles. The van der Waals surface area contributed by atoms with Gasteiger partial charge >= 0.3 is 0 Å². The van der Waals surface area contributed by atoms with E-state index in [-0.39, 0.29) is 10.9 Å². The van der Waals surface area contributed by atoms with Crippen LogP contribution >= 0.6 is 11.8 Å². The van der Waals surface area contributed by atoms with Crippen molar-refractivity contribution in [1.29, 1.82) is 0 Å². The van der Waals surface area contributed by atoms with E-state index in [1.54, 1.807) is 0 Å². The molecule has 14 heavy (non-hydrogen) atoms. The van der Waals surface area contributed by atoms with Crippen LogP contribution in [0, 0.1) is 5.82 Å². The highest BCUT2D eigenvalue weighted by atomic mass is 32.2. The Balaban J connectivity index is 2.83. The summed E-state index contributed by atoms with van der Waals surface area (Å²) >= 11 is 1.34. The highest BCUT2D eigenvalue weighted by molar-refractivity contribution is 7.98. The topological polar surface area (TPSA) is 45.8 Å². The van der Waals surface area contributed by atoms with Gasteiger partial charge in [-0.15, -0.1) is 0 Å². The second kappa shape index (κ2) is 3.42. The first kappa shape index (κ1) is 9.21. The van der Waals surface area contributed by atoms with E-state index in [0.29, 0.717) is 10.7 Å². The number of nitrogens with one attached hydrogen (secondary N) is 1. The van der Waals surface area contributed by atoms with Crippen molar-refractivity contribution in [2.75, 3.05) is 6.26 Å². The average molecular weight is 210 g/mol. The molecule has 2 rings (SSSR count). The molecule has 0 radical (unpaired) electrons. The number of halogens is 1. The summed E-state index contributed by atoms with van der Waals surface area (Å²) in [5, 5.41) is 0.817. The zero-order valence-corrected chi connectivity index (χ0v) is 8.19. The van der Waals surface area contributed by atoms with Gasteiger partial charge in [-0.25, -0.2) is 9.37 Å². The normalized spacial score (nSPS) is 10.7. The van der Waals surface area contributed by atoms with Crippen LogP contribution in [-0.2, 0) is 0 Å². The minimum atomic E-state index is -0.429. The van der Waals surface area contributed by atoms with Gasteiger partial charge in [0.25, 0.3) is 5.56 Å². The fraction of sp³-hybridized carbons (Fsp3) is 0.111. The summed E-state index contributed by atoms with van der Waals surface area (Å²) in [6, 6.07) is 3.98. The summed E-state index contributed by atoms with van der Waals surface area (Å²) in [4.78, 5) is 18.1. The number of hydrogen-bond donors (Lipinski definition) is 1. The van der Waals surface area contributed by atoms with Gasteiger partial charge in [0, 0.05) is 0 Å². The highest BCUT2D eigenvalue weighted by Crippen LogP contribution is 2.12. The Bertz CT molecular complexity index is 538. The van der Waals surface area contributed by atoms with Crippen molar-refractivity contribution in [3.8, 4) is 0 Å². The molecule has 0 aliphatic heterocycles. The second-order valence-electron chi connectivity index (χ2n) is 2.74. The first-order valence-corrected chi connectivity index (χ1v) is 5.17. The number of benzene rings is 1. The Kier molecular flexibility index (Phi) is 2.25. The molecule has 1 aromatic heterocycles. The molecule has 0 bridgehead atoms. The summed E-state index contributed by atoms with van der Waals surface area (Å²) in [6.45, 7) is 0. The highest BCUT2D eigenvalue weighted by Gasteiger charge is 2.03. The fourth-order valence-electron chi connectivity index (χ4n) is 1.19. The maximum absolute atomic E-state index is 12.8. The first-order valence-electron chi connectivity index (χ1n) is 3.94. The van der Waals surface area contributed by atoms with Gasteiger partial charge < -0.3 is 4.98 Å². The van der Waals surface area contributed by atoms with Gasteiger partial charge in [0.05, 0.1) is 10.9 Å². The van der Waals surface area contributed by atoms with Crippen molar-refractivity contribution in [3.05, 3.63) is 34.4 Å². The smallest absolute Gasteiger partial charge is 0.259 e. The van der Waals surface area contributed by atoms with E-state index in [2.05, 4.69) is 9.97 Å². The van der Waals surface area contributed by atoms with Gasteiger partial charge in [0.1, 0.15) is 5.82 Å². The molecule has 72 valence electrons. The molecule has 0 saturated carbocycles. The molecule has 3 nitrogen and oxygen atoms in total. The zero-order chi connectivity index (χ0) is 10.1. The maximum atomic E-state index is 12.8. The Morgan fingerprint density at radius 2 is 2.29 bits per heavy atom. The molecule has 1 N–H and O–H groups in total. The molecule has 0 aliphatic carbocycles. The lowest BCUT2D eigenvalue weighted by Gasteiger charge is -1.99. The van der Waals surface area contributed by atoms with E-state index < -0.39 is 5.82 Å². The van der Waals surface area contributed by atoms with Crippen molar-refractivity contribution in [3.63, 3.8) is 0 Å². The zero-order valence-electron chi connectivity index (χ0n) is 7.37. The van der Waals surface area contributed by atoms with Gasteiger partial charge in [0.15, 0.2) is 5.16 Å². The predicted molar refractivity (Wildman–Crippen MR) is 54.1 cm³/mol. The molecule has 0 spiro atoms. The van der Waals surface area contributed by atoms with E-state index in [1.807, 2.05) is 6.26 Å². The third-order valence-electron chi connectivity index (χ3n) is 1.84. The van der Waals surface area contributed by atoms with Crippen molar-refractivity contribution >= 4 is 22.7 Å². The molecule has 0 atom stereocenters. The van der Waals surface area contributed by atoms with Crippen molar-refractivity contribution in [2.24, 2.45) is 0 Å². The van der Waals surface area contributed by atoms with E-state index in [4.69, 9.17) is 0 Å². The summed E-state index contributed by atoms with van der Waals surface area (Å²) < 4.78 is 12.8. The third-order valence-corrected chi connectivity index (χ3v) is 2.42. The van der Waals surface area contributed by atoms with Gasteiger partial charge in [-0.3, -0.25) is 4.79 Å². The van der Waals surface area contributed by atoms with Crippen molar-refractivity contribution in [1.82, 2.24) is 9.97 Å². The minimum Gasteiger partial charge on any atom is -0.301 e. The van der Waals surface area contributed by atoms with Gasteiger partial charge in [-0.1, -0.05) is 11.8 Å². The molecule has 0 fully saturated rings. The molecule has 2 aromatic rings. The molecule has 1 heterocycles. The summed E-state index contributed by atoms with van der Waals surface area (Å²) in [5.74, 6) is -0.429. The average Bonchev–Trinajstić information content (AvgIpc) is 2.19. The number of thioether (sulfide) groups is 1. The third kappa shape index (κ3) is 1.50. The number of rotatable bonds is 1. The lowest BCUT2D eigenvalue weighted by atomic mass is 10.2. The number of H-pyrrole nitrogens is 1. The van der Waals surface area contributed by atoms with Crippen LogP contribution in [0.4, 0.5) is 4.39 Å². The molecule has 0 aliphatic rings. The van der Waals surface area contributed by atoms with E-state index in [1.165, 1.54) is 30.0 Å². The van der Waals surface area contributed by atoms with Crippen molar-refractivity contribution in [2.45, 2.75) is 5.16 Å². The maximum Gasteiger partial charge on any atom is 0.259 e. The molecule has 0 amide bonds. The van der Waals surface area contributed by atoms with Crippen LogP contribution in [-0.4, -0.2) is 16.2 Å². The molecular weight excluding hydrogens is 203 g/mol. The second-order valence-corrected chi connectivity index (χ2v) is 3.53. The van der Waals surface area contributed by atoms with Gasteiger partial charge in [0.2, 0.25) is 0 Å². The Morgan fingerprint density at radius 3 is 3.00 bits per heavy atom. The van der Waals surface area contributed by atoms with Crippen LogP contribution in [0.2, 0.25) is 0 Å². The number of hydrogen-bond acceptors (Lipinski definition) is 3. The van der Waals surface area contributed by atoms with Gasteiger partial charge in [-0.05, 0) is 24.5 Å². The molecule has 1 aromatic carbocycles. The van der Waals surface area contributed by atoms with Crippen LogP contribution in [0.3, 0.4) is 0 Å². The quantitative estimate of drug-likeness (QED) is 0.576. The summed E-state index contributed by atoms with van der Waals surface area (Å²) in [6.07, 6.45) is 1.81. The van der Waals surface area contributed by atoms with Crippen LogP contribution < -0.4 is 5.56 Å². The lowest BCUT2D eigenvalue weighted by Crippen LogP contribution is -2.09. The summed E-state index contributed by atoms with van der Waals surface area (Å²) in [7, 11) is 0. The largest absolute Gasteiger partial charge is 0.301 e. The first-order chi connectivity index (χ1) is 6.70. The number of nitrogens with zero attached hydrogens (tertiary/aromatic N) is 1. The monoisotopic (exact) mass is 210 g/mol. The lowest BCUT2D eigenvalue weighted by molar-refractivity contribution is 0.629.